The lowest BCUT2D eigenvalue weighted by molar-refractivity contribution is -0.149. The predicted molar refractivity (Wildman–Crippen MR) is 42.8 cm³/mol. The van der Waals surface area contributed by atoms with Crippen molar-refractivity contribution in [2.45, 2.75) is 18.9 Å². The van der Waals surface area contributed by atoms with Gasteiger partial charge in [-0.25, -0.2) is 10.3 Å². The van der Waals surface area contributed by atoms with E-state index in [1.54, 1.807) is 0 Å². The van der Waals surface area contributed by atoms with Crippen LogP contribution in [0.3, 0.4) is 0 Å². The number of hydrogen-bond donors (Lipinski definition) is 3. The normalized spacial score (nSPS) is 21.4. The molecule has 1 rings (SSSR count). The number of rotatable bonds is 4. The molecule has 0 radical (unpaired) electrons. The summed E-state index contributed by atoms with van der Waals surface area (Å²) in [6, 6.07) is -0.242. The number of carbonyl (C=O) groups is 2. The van der Waals surface area contributed by atoms with Crippen molar-refractivity contribution >= 4 is 11.9 Å². The van der Waals surface area contributed by atoms with Gasteiger partial charge in [-0.3, -0.25) is 9.63 Å². The maximum Gasteiger partial charge on any atom is 0.332 e. The van der Waals surface area contributed by atoms with Crippen LogP contribution in [-0.4, -0.2) is 36.2 Å². The van der Waals surface area contributed by atoms with Crippen LogP contribution < -0.4 is 10.8 Å². The number of carboxylic acid groups (broad SMARTS) is 1. The first-order valence-corrected chi connectivity index (χ1v) is 4.07. The Kier molecular flexibility index (Phi) is 3.66. The number of carboxylic acids is 1. The Balaban J connectivity index is 2.13. The highest BCUT2D eigenvalue weighted by atomic mass is 16.7. The molecule has 6 heteroatoms. The van der Waals surface area contributed by atoms with E-state index in [1.807, 2.05) is 0 Å². The summed E-state index contributed by atoms with van der Waals surface area (Å²) in [6.45, 7) is 0.301. The summed E-state index contributed by atoms with van der Waals surface area (Å²) in [5.74, 6) is -1.42. The van der Waals surface area contributed by atoms with Gasteiger partial charge in [-0.2, -0.15) is 0 Å². The molecule has 0 unspecified atom stereocenters. The number of carbonyl (C=O) groups excluding carboxylic acids is 1. The molecular weight excluding hydrogens is 176 g/mol. The fraction of sp³-hybridized carbons (Fsp3) is 0.714. The third kappa shape index (κ3) is 3.39. The van der Waals surface area contributed by atoms with E-state index in [0.717, 1.165) is 19.4 Å². The highest BCUT2D eigenvalue weighted by Crippen LogP contribution is 2.03. The van der Waals surface area contributed by atoms with Crippen molar-refractivity contribution in [1.82, 2.24) is 10.8 Å². The summed E-state index contributed by atoms with van der Waals surface area (Å²) < 4.78 is 0. The predicted octanol–water partition coefficient (Wildman–Crippen LogP) is -1.13. The van der Waals surface area contributed by atoms with Gasteiger partial charge in [0.25, 0.3) is 5.91 Å². The molecule has 0 saturated carbocycles. The third-order valence-corrected chi connectivity index (χ3v) is 1.75. The maximum absolute atomic E-state index is 11.1. The van der Waals surface area contributed by atoms with Gasteiger partial charge in [0.1, 0.15) is 0 Å². The van der Waals surface area contributed by atoms with Crippen molar-refractivity contribution in [2.75, 3.05) is 13.2 Å². The summed E-state index contributed by atoms with van der Waals surface area (Å²) in [6.07, 6.45) is 1.72. The van der Waals surface area contributed by atoms with Gasteiger partial charge in [0.05, 0.1) is 6.04 Å². The average Bonchev–Trinajstić information content (AvgIpc) is 2.55. The van der Waals surface area contributed by atoms with Crippen molar-refractivity contribution in [3.8, 4) is 0 Å². The largest absolute Gasteiger partial charge is 0.479 e. The van der Waals surface area contributed by atoms with Crippen LogP contribution in [0.1, 0.15) is 12.8 Å². The molecule has 0 aliphatic carbocycles. The Hall–Kier alpha value is -1.14. The van der Waals surface area contributed by atoms with Gasteiger partial charge in [0.15, 0.2) is 6.61 Å². The maximum atomic E-state index is 11.1. The van der Waals surface area contributed by atoms with E-state index in [-0.39, 0.29) is 11.9 Å². The standard InChI is InChI=1S/C7H12N2O4/c10-6(11)4-13-9-7(12)5-2-1-3-8-5/h5,8H,1-4H2,(H,9,12)(H,10,11)/t5-/m1/s1. The smallest absolute Gasteiger partial charge is 0.332 e. The second-order valence-electron chi connectivity index (χ2n) is 2.80. The molecule has 3 N–H and O–H groups in total. The van der Waals surface area contributed by atoms with Crippen molar-refractivity contribution in [2.24, 2.45) is 0 Å². The topological polar surface area (TPSA) is 87.7 Å². The van der Waals surface area contributed by atoms with Crippen LogP contribution in [0.4, 0.5) is 0 Å². The average molecular weight is 188 g/mol. The second kappa shape index (κ2) is 4.78. The molecule has 1 aliphatic heterocycles. The van der Waals surface area contributed by atoms with Crippen LogP contribution in [-0.2, 0) is 14.4 Å². The molecule has 1 fully saturated rings. The zero-order chi connectivity index (χ0) is 9.68. The van der Waals surface area contributed by atoms with Gasteiger partial charge in [-0.15, -0.1) is 0 Å². The Bertz CT molecular complexity index is 201. The fourth-order valence-corrected chi connectivity index (χ4v) is 1.15. The lowest BCUT2D eigenvalue weighted by Gasteiger charge is -2.09. The molecule has 0 spiro atoms. The van der Waals surface area contributed by atoms with E-state index < -0.39 is 12.6 Å². The zero-order valence-electron chi connectivity index (χ0n) is 7.08. The van der Waals surface area contributed by atoms with E-state index in [0.29, 0.717) is 0 Å². The van der Waals surface area contributed by atoms with Crippen LogP contribution in [0.15, 0.2) is 0 Å². The molecule has 0 aromatic rings. The number of amides is 1. The number of hydrogen-bond acceptors (Lipinski definition) is 4. The molecule has 0 aromatic heterocycles. The summed E-state index contributed by atoms with van der Waals surface area (Å²) >= 11 is 0. The molecule has 0 bridgehead atoms. The molecule has 1 heterocycles. The van der Waals surface area contributed by atoms with E-state index in [1.165, 1.54) is 0 Å². The first-order chi connectivity index (χ1) is 6.20. The molecule has 6 nitrogen and oxygen atoms in total. The van der Waals surface area contributed by atoms with Gasteiger partial charge in [0.2, 0.25) is 0 Å². The quantitative estimate of drug-likeness (QED) is 0.486. The number of hydroxylamine groups is 1. The first kappa shape index (κ1) is 9.94. The molecule has 1 saturated heterocycles. The summed E-state index contributed by atoms with van der Waals surface area (Å²) in [7, 11) is 0. The molecule has 1 amide bonds. The van der Waals surface area contributed by atoms with E-state index >= 15 is 0 Å². The van der Waals surface area contributed by atoms with Crippen LogP contribution in [0, 0.1) is 0 Å². The van der Waals surface area contributed by atoms with Crippen LogP contribution >= 0.6 is 0 Å². The Morgan fingerprint density at radius 3 is 2.92 bits per heavy atom. The van der Waals surface area contributed by atoms with Gasteiger partial charge in [-0.05, 0) is 19.4 Å². The first-order valence-electron chi connectivity index (χ1n) is 4.07. The van der Waals surface area contributed by atoms with Crippen molar-refractivity contribution in [3.05, 3.63) is 0 Å². The molecule has 74 valence electrons. The number of nitrogens with one attached hydrogen (secondary N) is 2. The monoisotopic (exact) mass is 188 g/mol. The molecular formula is C7H12N2O4. The van der Waals surface area contributed by atoms with Crippen molar-refractivity contribution in [3.63, 3.8) is 0 Å². The van der Waals surface area contributed by atoms with E-state index in [9.17, 15) is 9.59 Å². The minimum atomic E-state index is -1.11. The van der Waals surface area contributed by atoms with Gasteiger partial charge in [0, 0.05) is 0 Å². The zero-order valence-corrected chi connectivity index (χ0v) is 7.08. The highest BCUT2D eigenvalue weighted by molar-refractivity contribution is 5.81. The lowest BCUT2D eigenvalue weighted by Crippen LogP contribution is -2.41. The minimum Gasteiger partial charge on any atom is -0.479 e. The van der Waals surface area contributed by atoms with Gasteiger partial charge < -0.3 is 10.4 Å². The van der Waals surface area contributed by atoms with Gasteiger partial charge >= 0.3 is 5.97 Å². The molecule has 1 aliphatic rings. The van der Waals surface area contributed by atoms with Crippen molar-refractivity contribution in [1.29, 1.82) is 0 Å². The minimum absolute atomic E-state index is 0.242. The highest BCUT2D eigenvalue weighted by Gasteiger charge is 2.21. The Labute approximate surface area is 75.2 Å². The number of aliphatic carboxylic acids is 1. The molecule has 0 aromatic carbocycles. The Morgan fingerprint density at radius 1 is 1.62 bits per heavy atom. The third-order valence-electron chi connectivity index (χ3n) is 1.75. The molecule has 1 atom stereocenters. The fourth-order valence-electron chi connectivity index (χ4n) is 1.15. The van der Waals surface area contributed by atoms with Crippen LogP contribution in [0.2, 0.25) is 0 Å². The summed E-state index contributed by atoms with van der Waals surface area (Å²) in [5.41, 5.74) is 2.07. The Morgan fingerprint density at radius 2 is 2.38 bits per heavy atom. The summed E-state index contributed by atoms with van der Waals surface area (Å²) in [4.78, 5) is 25.6. The van der Waals surface area contributed by atoms with E-state index in [4.69, 9.17) is 5.11 Å². The molecule has 13 heavy (non-hydrogen) atoms. The summed E-state index contributed by atoms with van der Waals surface area (Å²) in [5, 5.41) is 11.2. The van der Waals surface area contributed by atoms with Gasteiger partial charge in [-0.1, -0.05) is 0 Å². The van der Waals surface area contributed by atoms with Crippen molar-refractivity contribution < 1.29 is 19.5 Å². The SMILES string of the molecule is O=C(O)CONC(=O)[C@H]1CCCN1. The van der Waals surface area contributed by atoms with Crippen LogP contribution in [0.5, 0.6) is 0 Å². The van der Waals surface area contributed by atoms with Crippen LogP contribution in [0.25, 0.3) is 0 Å². The second-order valence-corrected chi connectivity index (χ2v) is 2.80. The van der Waals surface area contributed by atoms with E-state index in [2.05, 4.69) is 15.6 Å². The lowest BCUT2D eigenvalue weighted by atomic mass is 10.2.